The number of methoxy groups -OCH3 is 1. The van der Waals surface area contributed by atoms with Crippen LogP contribution in [-0.4, -0.2) is 55.7 Å². The molecule has 32 heavy (non-hydrogen) atoms. The minimum Gasteiger partial charge on any atom is -0.496 e. The summed E-state index contributed by atoms with van der Waals surface area (Å²) in [6, 6.07) is 12.1. The quantitative estimate of drug-likeness (QED) is 0.684. The zero-order chi connectivity index (χ0) is 22.6. The molecule has 0 aliphatic carbocycles. The van der Waals surface area contributed by atoms with E-state index in [1.54, 1.807) is 18.1 Å². The maximum Gasteiger partial charge on any atom is 0.252 e. The largest absolute Gasteiger partial charge is 0.496 e. The predicted molar refractivity (Wildman–Crippen MR) is 119 cm³/mol. The normalized spacial score (nSPS) is 20.6. The van der Waals surface area contributed by atoms with Gasteiger partial charge in [-0.1, -0.05) is 24.3 Å². The highest BCUT2D eigenvalue weighted by Crippen LogP contribution is 2.33. The molecule has 0 saturated carbocycles. The van der Waals surface area contributed by atoms with Crippen LogP contribution in [0.2, 0.25) is 0 Å². The van der Waals surface area contributed by atoms with Gasteiger partial charge in [0, 0.05) is 44.6 Å². The lowest BCUT2D eigenvalue weighted by atomic mass is 9.89. The van der Waals surface area contributed by atoms with E-state index in [0.29, 0.717) is 50.3 Å². The third-order valence-electron chi connectivity index (χ3n) is 6.27. The van der Waals surface area contributed by atoms with Crippen LogP contribution in [0.15, 0.2) is 42.5 Å². The van der Waals surface area contributed by atoms with Gasteiger partial charge in [0.15, 0.2) is 5.60 Å². The van der Waals surface area contributed by atoms with E-state index in [2.05, 4.69) is 5.32 Å². The summed E-state index contributed by atoms with van der Waals surface area (Å²) < 4.78 is 25.1. The molecule has 2 saturated heterocycles. The molecule has 4 rings (SSSR count). The Hall–Kier alpha value is -2.93. The fourth-order valence-electron chi connectivity index (χ4n) is 4.54. The van der Waals surface area contributed by atoms with Crippen molar-refractivity contribution >= 4 is 11.8 Å². The van der Waals surface area contributed by atoms with Crippen LogP contribution in [0.4, 0.5) is 4.39 Å². The first-order valence-electron chi connectivity index (χ1n) is 11.1. The van der Waals surface area contributed by atoms with E-state index in [9.17, 15) is 14.0 Å². The summed E-state index contributed by atoms with van der Waals surface area (Å²) in [6.07, 6.45) is 3.43. The summed E-state index contributed by atoms with van der Waals surface area (Å²) in [5.74, 6) is 0.305. The predicted octanol–water partition coefficient (Wildman–Crippen LogP) is 3.33. The fourth-order valence-corrected chi connectivity index (χ4v) is 4.54. The first-order chi connectivity index (χ1) is 15.5. The molecular weight excluding hydrogens is 411 g/mol. The molecule has 6 nitrogen and oxygen atoms in total. The van der Waals surface area contributed by atoms with Crippen molar-refractivity contribution in [2.75, 3.05) is 33.4 Å². The van der Waals surface area contributed by atoms with Gasteiger partial charge in [-0.15, -0.1) is 0 Å². The molecule has 2 aliphatic heterocycles. The molecule has 0 bridgehead atoms. The van der Waals surface area contributed by atoms with Gasteiger partial charge in [0.25, 0.3) is 5.91 Å². The highest BCUT2D eigenvalue weighted by molar-refractivity contribution is 5.86. The average molecular weight is 441 g/mol. The van der Waals surface area contributed by atoms with Crippen molar-refractivity contribution < 1.29 is 23.5 Å². The zero-order valence-electron chi connectivity index (χ0n) is 18.4. The molecule has 170 valence electrons. The van der Waals surface area contributed by atoms with Gasteiger partial charge in [-0.25, -0.2) is 4.39 Å². The SMILES string of the molecule is COc1ccc(F)cc1-c1ccc(CC2(C(=O)NCCN3CCCC3=O)CCCO2)cc1. The Labute approximate surface area is 187 Å². The number of hydrogen-bond donors (Lipinski definition) is 1. The molecule has 2 aliphatic rings. The minimum atomic E-state index is -0.896. The second-order valence-corrected chi connectivity index (χ2v) is 8.40. The Morgan fingerprint density at radius 1 is 1.22 bits per heavy atom. The number of likely N-dealkylation sites (tertiary alicyclic amines) is 1. The first-order valence-corrected chi connectivity index (χ1v) is 11.1. The van der Waals surface area contributed by atoms with Crippen LogP contribution in [0.25, 0.3) is 11.1 Å². The average Bonchev–Trinajstić information content (AvgIpc) is 3.44. The lowest BCUT2D eigenvalue weighted by molar-refractivity contribution is -0.141. The van der Waals surface area contributed by atoms with Gasteiger partial charge >= 0.3 is 0 Å². The molecule has 2 aromatic carbocycles. The van der Waals surface area contributed by atoms with Crippen LogP contribution >= 0.6 is 0 Å². The molecule has 1 N–H and O–H groups in total. The summed E-state index contributed by atoms with van der Waals surface area (Å²) in [7, 11) is 1.56. The number of rotatable bonds is 8. The number of carbonyl (C=O) groups excluding carboxylic acids is 2. The summed E-state index contributed by atoms with van der Waals surface area (Å²) in [6.45, 7) is 2.27. The number of nitrogens with zero attached hydrogens (tertiary/aromatic N) is 1. The van der Waals surface area contributed by atoms with Crippen LogP contribution in [0.5, 0.6) is 5.75 Å². The van der Waals surface area contributed by atoms with Crippen LogP contribution in [-0.2, 0) is 20.7 Å². The smallest absolute Gasteiger partial charge is 0.252 e. The number of nitrogens with one attached hydrogen (secondary N) is 1. The number of amides is 2. The molecule has 1 atom stereocenters. The van der Waals surface area contributed by atoms with Gasteiger partial charge in [-0.3, -0.25) is 9.59 Å². The molecule has 2 heterocycles. The van der Waals surface area contributed by atoms with Gasteiger partial charge < -0.3 is 19.7 Å². The number of carbonyl (C=O) groups is 2. The van der Waals surface area contributed by atoms with Crippen molar-refractivity contribution in [2.24, 2.45) is 0 Å². The first kappa shape index (κ1) is 22.3. The molecular formula is C25H29FN2O4. The second-order valence-electron chi connectivity index (χ2n) is 8.40. The van der Waals surface area contributed by atoms with E-state index in [1.165, 1.54) is 12.1 Å². The molecule has 2 aromatic rings. The fraction of sp³-hybridized carbons (Fsp3) is 0.440. The lowest BCUT2D eigenvalue weighted by Crippen LogP contribution is -2.49. The molecule has 0 radical (unpaired) electrons. The lowest BCUT2D eigenvalue weighted by Gasteiger charge is -2.28. The zero-order valence-corrected chi connectivity index (χ0v) is 18.4. The van der Waals surface area contributed by atoms with Crippen molar-refractivity contribution in [1.82, 2.24) is 10.2 Å². The molecule has 1 unspecified atom stereocenters. The van der Waals surface area contributed by atoms with Gasteiger partial charge in [0.05, 0.1) is 7.11 Å². The van der Waals surface area contributed by atoms with E-state index in [1.807, 2.05) is 24.3 Å². The Morgan fingerprint density at radius 2 is 2.03 bits per heavy atom. The summed E-state index contributed by atoms with van der Waals surface area (Å²) in [4.78, 5) is 26.6. The summed E-state index contributed by atoms with van der Waals surface area (Å²) in [5, 5.41) is 2.98. The van der Waals surface area contributed by atoms with E-state index in [4.69, 9.17) is 9.47 Å². The Bertz CT molecular complexity index is 970. The second kappa shape index (κ2) is 9.69. The van der Waals surface area contributed by atoms with Crippen molar-refractivity contribution in [3.05, 3.63) is 53.8 Å². The van der Waals surface area contributed by atoms with Crippen molar-refractivity contribution in [2.45, 2.75) is 37.7 Å². The van der Waals surface area contributed by atoms with Crippen LogP contribution in [0.3, 0.4) is 0 Å². The Balaban J connectivity index is 1.43. The van der Waals surface area contributed by atoms with E-state index >= 15 is 0 Å². The van der Waals surface area contributed by atoms with Crippen LogP contribution in [0, 0.1) is 5.82 Å². The van der Waals surface area contributed by atoms with E-state index in [-0.39, 0.29) is 17.6 Å². The van der Waals surface area contributed by atoms with Gasteiger partial charge in [-0.2, -0.15) is 0 Å². The number of halogens is 1. The Kier molecular flexibility index (Phi) is 6.74. The third-order valence-corrected chi connectivity index (χ3v) is 6.27. The Morgan fingerprint density at radius 3 is 2.69 bits per heavy atom. The molecule has 2 fully saturated rings. The van der Waals surface area contributed by atoms with Crippen molar-refractivity contribution in [1.29, 1.82) is 0 Å². The van der Waals surface area contributed by atoms with Crippen molar-refractivity contribution in [3.8, 4) is 16.9 Å². The number of hydrogen-bond acceptors (Lipinski definition) is 4. The maximum atomic E-state index is 13.7. The monoisotopic (exact) mass is 440 g/mol. The van der Waals surface area contributed by atoms with Gasteiger partial charge in [-0.05, 0) is 48.6 Å². The topological polar surface area (TPSA) is 67.9 Å². The number of benzene rings is 2. The van der Waals surface area contributed by atoms with Crippen LogP contribution in [0.1, 0.15) is 31.2 Å². The maximum absolute atomic E-state index is 13.7. The van der Waals surface area contributed by atoms with Crippen LogP contribution < -0.4 is 10.1 Å². The summed E-state index contributed by atoms with van der Waals surface area (Å²) in [5.41, 5.74) is 1.59. The third kappa shape index (κ3) is 4.78. The highest BCUT2D eigenvalue weighted by Gasteiger charge is 2.42. The summed E-state index contributed by atoms with van der Waals surface area (Å²) >= 11 is 0. The molecule has 2 amide bonds. The standard InChI is InChI=1S/C25H29FN2O4/c1-31-22-10-9-20(26)16-21(22)19-7-5-18(6-8-19)17-25(11-3-15-32-25)24(30)27-12-14-28-13-2-4-23(28)29/h5-10,16H,2-4,11-15,17H2,1H3,(H,27,30). The van der Waals surface area contributed by atoms with Gasteiger partial charge in [0.2, 0.25) is 5.91 Å². The molecule has 7 heteroatoms. The molecule has 0 spiro atoms. The van der Waals surface area contributed by atoms with E-state index < -0.39 is 5.60 Å². The van der Waals surface area contributed by atoms with Crippen molar-refractivity contribution in [3.63, 3.8) is 0 Å². The molecule has 0 aromatic heterocycles. The minimum absolute atomic E-state index is 0.127. The van der Waals surface area contributed by atoms with E-state index in [0.717, 1.165) is 30.5 Å². The van der Waals surface area contributed by atoms with Gasteiger partial charge in [0.1, 0.15) is 11.6 Å². The highest BCUT2D eigenvalue weighted by atomic mass is 19.1. The number of ether oxygens (including phenoxy) is 2.